The number of hydrazone groups is 1. The van der Waals surface area contributed by atoms with Gasteiger partial charge < -0.3 is 10.2 Å². The highest BCUT2D eigenvalue weighted by Crippen LogP contribution is 2.55. The van der Waals surface area contributed by atoms with Gasteiger partial charge in [-0.1, -0.05) is 48.0 Å². The number of para-hydroxylation sites is 1. The lowest BCUT2D eigenvalue weighted by Gasteiger charge is -2.29. The number of aryl methyl sites for hydroxylation is 1. The zero-order valence-corrected chi connectivity index (χ0v) is 18.2. The second kappa shape index (κ2) is 7.45. The van der Waals surface area contributed by atoms with Crippen LogP contribution >= 0.6 is 23.4 Å². The van der Waals surface area contributed by atoms with Crippen LogP contribution in [0.3, 0.4) is 0 Å². The van der Waals surface area contributed by atoms with Crippen molar-refractivity contribution in [3.63, 3.8) is 0 Å². The average Bonchev–Trinajstić information content (AvgIpc) is 3.16. The van der Waals surface area contributed by atoms with Crippen LogP contribution in [0.2, 0.25) is 5.02 Å². The van der Waals surface area contributed by atoms with E-state index in [1.54, 1.807) is 11.0 Å². The third-order valence-corrected chi connectivity index (χ3v) is 6.62. The van der Waals surface area contributed by atoms with Gasteiger partial charge >= 0.3 is 0 Å². The largest absolute Gasteiger partial charge is 0.304 e. The highest BCUT2D eigenvalue weighted by molar-refractivity contribution is 8.15. The van der Waals surface area contributed by atoms with E-state index in [0.29, 0.717) is 10.6 Å². The lowest BCUT2D eigenvalue weighted by molar-refractivity contribution is -0.139. The van der Waals surface area contributed by atoms with Crippen LogP contribution in [-0.2, 0) is 25.8 Å². The number of nitrogens with one attached hydrogen (secondary N) is 1. The zero-order valence-electron chi connectivity index (χ0n) is 16.6. The lowest BCUT2D eigenvalue weighted by atomic mass is 10.0. The average molecular weight is 443 g/mol. The highest BCUT2D eigenvalue weighted by Gasteiger charge is 2.61. The van der Waals surface area contributed by atoms with Gasteiger partial charge in [-0.2, -0.15) is 5.01 Å². The van der Waals surface area contributed by atoms with E-state index < -0.39 is 10.8 Å². The third-order valence-electron chi connectivity index (χ3n) is 5.01. The first-order valence-corrected chi connectivity index (χ1v) is 10.5. The Bertz CT molecular complexity index is 1120. The van der Waals surface area contributed by atoms with Crippen molar-refractivity contribution in [3.8, 4) is 0 Å². The van der Waals surface area contributed by atoms with Gasteiger partial charge in [0.05, 0.1) is 12.2 Å². The molecule has 3 amide bonds. The van der Waals surface area contributed by atoms with Crippen molar-refractivity contribution in [1.29, 1.82) is 0 Å². The standard InChI is InChI=1S/C21H19ClN4O3S/c1-12-7-6-9-16-18(12)25(11-15-8-4-5-10-17(15)22)19(29)21(16)26(14(3)28)24-20(30-21)23-13(2)27/h4-10H,11H2,1-3H3,(H,23,24,27)/t21-/m0/s1. The summed E-state index contributed by atoms with van der Waals surface area (Å²) in [5, 5.41) is 8.79. The summed E-state index contributed by atoms with van der Waals surface area (Å²) in [6, 6.07) is 12.9. The van der Waals surface area contributed by atoms with E-state index in [4.69, 9.17) is 11.6 Å². The first kappa shape index (κ1) is 20.4. The Morgan fingerprint density at radius 1 is 1.17 bits per heavy atom. The van der Waals surface area contributed by atoms with Crippen molar-refractivity contribution >= 4 is 51.9 Å². The summed E-state index contributed by atoms with van der Waals surface area (Å²) in [5.41, 5.74) is 3.06. The van der Waals surface area contributed by atoms with Crippen LogP contribution in [0.5, 0.6) is 0 Å². The Kier molecular flexibility index (Phi) is 5.07. The van der Waals surface area contributed by atoms with Gasteiger partial charge in [-0.05, 0) is 35.9 Å². The molecule has 4 rings (SSSR count). The molecule has 1 atom stereocenters. The fourth-order valence-corrected chi connectivity index (χ4v) is 5.32. The van der Waals surface area contributed by atoms with Crippen molar-refractivity contribution in [3.05, 3.63) is 64.2 Å². The Balaban J connectivity index is 1.86. The van der Waals surface area contributed by atoms with E-state index in [1.807, 2.05) is 43.3 Å². The summed E-state index contributed by atoms with van der Waals surface area (Å²) < 4.78 is 0. The minimum Gasteiger partial charge on any atom is -0.304 e. The molecule has 154 valence electrons. The van der Waals surface area contributed by atoms with Gasteiger partial charge in [0.2, 0.25) is 16.7 Å². The quantitative estimate of drug-likeness (QED) is 0.773. The number of rotatable bonds is 2. The van der Waals surface area contributed by atoms with E-state index in [1.165, 1.54) is 13.8 Å². The summed E-state index contributed by atoms with van der Waals surface area (Å²) in [7, 11) is 0. The number of amidine groups is 1. The van der Waals surface area contributed by atoms with Crippen LogP contribution in [0.1, 0.15) is 30.5 Å². The van der Waals surface area contributed by atoms with Gasteiger partial charge in [0.25, 0.3) is 5.91 Å². The summed E-state index contributed by atoms with van der Waals surface area (Å²) in [4.78, 5) is 38.2. The molecule has 0 saturated carbocycles. The molecule has 0 radical (unpaired) electrons. The maximum Gasteiger partial charge on any atom is 0.271 e. The highest BCUT2D eigenvalue weighted by atomic mass is 35.5. The Morgan fingerprint density at radius 3 is 2.57 bits per heavy atom. The van der Waals surface area contributed by atoms with E-state index in [0.717, 1.165) is 33.6 Å². The predicted octanol–water partition coefficient (Wildman–Crippen LogP) is 3.35. The van der Waals surface area contributed by atoms with Gasteiger partial charge in [-0.3, -0.25) is 14.4 Å². The van der Waals surface area contributed by atoms with E-state index in [2.05, 4.69) is 10.4 Å². The van der Waals surface area contributed by atoms with Gasteiger partial charge in [-0.15, -0.1) is 5.10 Å². The number of amides is 3. The van der Waals surface area contributed by atoms with Crippen molar-refractivity contribution in [2.45, 2.75) is 32.2 Å². The van der Waals surface area contributed by atoms with Crippen LogP contribution in [0.4, 0.5) is 5.69 Å². The van der Waals surface area contributed by atoms with Crippen LogP contribution in [-0.4, -0.2) is 27.9 Å². The van der Waals surface area contributed by atoms with E-state index in [9.17, 15) is 14.4 Å². The van der Waals surface area contributed by atoms with Crippen LogP contribution in [0.15, 0.2) is 47.6 Å². The Labute approximate surface area is 183 Å². The summed E-state index contributed by atoms with van der Waals surface area (Å²) in [6.45, 7) is 4.87. The monoisotopic (exact) mass is 442 g/mol. The molecule has 0 aromatic heterocycles. The molecule has 0 fully saturated rings. The Morgan fingerprint density at radius 2 is 1.90 bits per heavy atom. The number of nitrogens with zero attached hydrogens (tertiary/aromatic N) is 3. The maximum absolute atomic E-state index is 13.9. The normalized spacial score (nSPS) is 19.9. The topological polar surface area (TPSA) is 82.1 Å². The number of benzene rings is 2. The van der Waals surface area contributed by atoms with Gasteiger partial charge in [-0.25, -0.2) is 0 Å². The molecule has 2 aliphatic rings. The molecule has 30 heavy (non-hydrogen) atoms. The van der Waals surface area contributed by atoms with Gasteiger partial charge in [0.15, 0.2) is 5.17 Å². The zero-order chi connectivity index (χ0) is 21.6. The van der Waals surface area contributed by atoms with Crippen molar-refractivity contribution in [1.82, 2.24) is 10.3 Å². The lowest BCUT2D eigenvalue weighted by Crippen LogP contribution is -2.48. The summed E-state index contributed by atoms with van der Waals surface area (Å²) >= 11 is 7.41. The van der Waals surface area contributed by atoms with Crippen molar-refractivity contribution < 1.29 is 14.4 Å². The molecule has 0 saturated heterocycles. The number of thioether (sulfide) groups is 1. The molecule has 2 aromatic carbocycles. The molecular formula is C21H19ClN4O3S. The molecule has 0 aliphatic carbocycles. The number of fused-ring (bicyclic) bond motifs is 2. The fraction of sp³-hybridized carbons (Fsp3) is 0.238. The molecular weight excluding hydrogens is 424 g/mol. The SMILES string of the molecule is CC(=O)NC1=NN(C(C)=O)[C@@]2(S1)C(=O)N(Cc1ccccc1Cl)c1c(C)cccc12. The molecule has 0 bridgehead atoms. The number of carbonyl (C=O) groups excluding carboxylic acids is 3. The maximum atomic E-state index is 13.9. The van der Waals surface area contributed by atoms with E-state index >= 15 is 0 Å². The first-order valence-electron chi connectivity index (χ1n) is 9.27. The molecule has 7 nitrogen and oxygen atoms in total. The number of hydrogen-bond donors (Lipinski definition) is 1. The minimum atomic E-state index is -1.41. The minimum absolute atomic E-state index is 0.207. The number of halogens is 1. The molecule has 1 N–H and O–H groups in total. The summed E-state index contributed by atoms with van der Waals surface area (Å²) in [6.07, 6.45) is 0. The first-order chi connectivity index (χ1) is 14.3. The van der Waals surface area contributed by atoms with Crippen molar-refractivity contribution in [2.24, 2.45) is 5.10 Å². The number of anilines is 1. The van der Waals surface area contributed by atoms with Gasteiger partial charge in [0.1, 0.15) is 0 Å². The second-order valence-electron chi connectivity index (χ2n) is 7.12. The predicted molar refractivity (Wildman–Crippen MR) is 117 cm³/mol. The molecule has 2 aliphatic heterocycles. The van der Waals surface area contributed by atoms with Gasteiger partial charge in [0, 0.05) is 24.4 Å². The van der Waals surface area contributed by atoms with Crippen LogP contribution < -0.4 is 10.2 Å². The van der Waals surface area contributed by atoms with Crippen molar-refractivity contribution in [2.75, 3.05) is 4.90 Å². The number of carbonyl (C=O) groups is 3. The molecule has 9 heteroatoms. The van der Waals surface area contributed by atoms with Crippen LogP contribution in [0.25, 0.3) is 0 Å². The van der Waals surface area contributed by atoms with E-state index in [-0.39, 0.29) is 23.5 Å². The Hall–Kier alpha value is -2.84. The second-order valence-corrected chi connectivity index (χ2v) is 8.71. The smallest absolute Gasteiger partial charge is 0.271 e. The molecule has 0 unspecified atom stereocenters. The summed E-state index contributed by atoms with van der Waals surface area (Å²) in [5.74, 6) is -1.04. The molecule has 1 spiro atoms. The molecule has 2 aromatic rings. The van der Waals surface area contributed by atoms with Crippen LogP contribution in [0, 0.1) is 6.92 Å². The number of hydrogen-bond acceptors (Lipinski definition) is 5. The third kappa shape index (κ3) is 3.07. The molecule has 2 heterocycles. The fourth-order valence-electron chi connectivity index (χ4n) is 3.80.